The van der Waals surface area contributed by atoms with Gasteiger partial charge in [-0.2, -0.15) is 18.2 Å². The number of anilines is 3. The highest BCUT2D eigenvalue weighted by Gasteiger charge is 2.35. The van der Waals surface area contributed by atoms with Gasteiger partial charge in [-0.1, -0.05) is 12.1 Å². The third kappa shape index (κ3) is 6.48. The Kier molecular flexibility index (Phi) is 8.83. The highest BCUT2D eigenvalue weighted by molar-refractivity contribution is 7.85. The summed E-state index contributed by atoms with van der Waals surface area (Å²) in [6.07, 6.45) is 0.886. The van der Waals surface area contributed by atoms with Crippen LogP contribution in [0.5, 0.6) is 0 Å². The Morgan fingerprint density at radius 1 is 1.36 bits per heavy atom. The van der Waals surface area contributed by atoms with Gasteiger partial charge in [0.25, 0.3) is 0 Å². The Labute approximate surface area is 164 Å². The van der Waals surface area contributed by atoms with Crippen molar-refractivity contribution in [1.82, 2.24) is 15.0 Å². The largest absolute Gasteiger partial charge is 0.421 e. The van der Waals surface area contributed by atoms with Gasteiger partial charge in [-0.3, -0.25) is 4.31 Å². The SMILES string of the molecule is C=CC.CNc1ncc(C(F)(F)F)c(NCc2cccnc2N(C)S(C)=O)n1. The van der Waals surface area contributed by atoms with Gasteiger partial charge in [0.05, 0.1) is 0 Å². The van der Waals surface area contributed by atoms with E-state index in [4.69, 9.17) is 0 Å². The predicted octanol–water partition coefficient (Wildman–Crippen LogP) is 3.47. The summed E-state index contributed by atoms with van der Waals surface area (Å²) in [4.78, 5) is 11.6. The van der Waals surface area contributed by atoms with E-state index in [2.05, 4.69) is 32.2 Å². The van der Waals surface area contributed by atoms with E-state index in [0.29, 0.717) is 11.4 Å². The van der Waals surface area contributed by atoms with Gasteiger partial charge in [0.1, 0.15) is 28.2 Å². The van der Waals surface area contributed by atoms with Gasteiger partial charge >= 0.3 is 6.18 Å². The van der Waals surface area contributed by atoms with Crippen molar-refractivity contribution in [2.45, 2.75) is 19.6 Å². The first kappa shape index (κ1) is 23.3. The number of allylic oxidation sites excluding steroid dienone is 1. The smallest absolute Gasteiger partial charge is 0.365 e. The van der Waals surface area contributed by atoms with E-state index < -0.39 is 22.7 Å². The molecule has 2 heterocycles. The van der Waals surface area contributed by atoms with Crippen molar-refractivity contribution < 1.29 is 17.4 Å². The van der Waals surface area contributed by atoms with E-state index >= 15 is 0 Å². The maximum Gasteiger partial charge on any atom is 0.421 e. The summed E-state index contributed by atoms with van der Waals surface area (Å²) in [7, 11) is 1.79. The Morgan fingerprint density at radius 3 is 2.54 bits per heavy atom. The average Bonchev–Trinajstić information content (AvgIpc) is 2.65. The van der Waals surface area contributed by atoms with Crippen LogP contribution in [0.1, 0.15) is 18.1 Å². The van der Waals surface area contributed by atoms with Gasteiger partial charge in [-0.15, -0.1) is 6.58 Å². The van der Waals surface area contributed by atoms with Crippen LogP contribution in [0.2, 0.25) is 0 Å². The van der Waals surface area contributed by atoms with Crippen LogP contribution in [-0.4, -0.2) is 39.5 Å². The molecule has 0 bridgehead atoms. The predicted molar refractivity (Wildman–Crippen MR) is 106 cm³/mol. The van der Waals surface area contributed by atoms with E-state index in [0.717, 1.165) is 6.20 Å². The molecule has 0 radical (unpaired) electrons. The number of aromatic nitrogens is 3. The second-order valence-electron chi connectivity index (χ2n) is 5.37. The van der Waals surface area contributed by atoms with E-state index in [1.54, 1.807) is 25.3 Å². The molecule has 0 aromatic carbocycles. The van der Waals surface area contributed by atoms with Crippen LogP contribution in [0.25, 0.3) is 0 Å². The van der Waals surface area contributed by atoms with Crippen molar-refractivity contribution in [3.05, 3.63) is 48.3 Å². The second kappa shape index (κ2) is 10.6. The lowest BCUT2D eigenvalue weighted by molar-refractivity contribution is -0.137. The maximum absolute atomic E-state index is 13.1. The van der Waals surface area contributed by atoms with Crippen LogP contribution in [0.4, 0.5) is 30.8 Å². The van der Waals surface area contributed by atoms with Crippen molar-refractivity contribution in [3.63, 3.8) is 0 Å². The summed E-state index contributed by atoms with van der Waals surface area (Å²) in [6.45, 7) is 5.27. The number of nitrogens with zero attached hydrogens (tertiary/aromatic N) is 4. The molecule has 0 saturated carbocycles. The van der Waals surface area contributed by atoms with Gasteiger partial charge in [0, 0.05) is 44.9 Å². The van der Waals surface area contributed by atoms with Crippen molar-refractivity contribution in [2.75, 3.05) is 35.3 Å². The summed E-state index contributed by atoms with van der Waals surface area (Å²) in [5.74, 6) is 0.128. The zero-order chi connectivity index (χ0) is 21.3. The van der Waals surface area contributed by atoms with Crippen molar-refractivity contribution >= 4 is 28.6 Å². The van der Waals surface area contributed by atoms with E-state index in [-0.39, 0.29) is 18.3 Å². The number of hydrogen-bond donors (Lipinski definition) is 2. The first-order chi connectivity index (χ1) is 13.1. The summed E-state index contributed by atoms with van der Waals surface area (Å²) >= 11 is 0. The standard InChI is InChI=1S/C14H17F3N6OS.C3H6/c1-18-13-21-8-10(14(15,16)17)11(22-13)20-7-9-5-4-6-19-12(9)23(2)25(3)24;1-3-2/h4-6,8H,7H2,1-3H3,(H2,18,20,21,22);3H,1H2,2H3. The number of alkyl halides is 3. The molecule has 154 valence electrons. The van der Waals surface area contributed by atoms with E-state index in [9.17, 15) is 17.4 Å². The van der Waals surface area contributed by atoms with Gasteiger partial charge in [0.2, 0.25) is 5.95 Å². The molecule has 28 heavy (non-hydrogen) atoms. The highest BCUT2D eigenvalue weighted by atomic mass is 32.2. The molecule has 0 aliphatic rings. The summed E-state index contributed by atoms with van der Waals surface area (Å²) in [5.41, 5.74) is -0.387. The van der Waals surface area contributed by atoms with Crippen LogP contribution in [0, 0.1) is 0 Å². The molecule has 2 N–H and O–H groups in total. The van der Waals surface area contributed by atoms with Crippen LogP contribution >= 0.6 is 0 Å². The van der Waals surface area contributed by atoms with E-state index in [1.165, 1.54) is 23.8 Å². The lowest BCUT2D eigenvalue weighted by Gasteiger charge is -2.19. The molecule has 0 aliphatic carbocycles. The lowest BCUT2D eigenvalue weighted by atomic mass is 10.2. The molecule has 0 spiro atoms. The lowest BCUT2D eigenvalue weighted by Crippen LogP contribution is -2.22. The highest BCUT2D eigenvalue weighted by Crippen LogP contribution is 2.34. The van der Waals surface area contributed by atoms with Crippen LogP contribution in [-0.2, 0) is 23.7 Å². The Balaban J connectivity index is 0.00000122. The monoisotopic (exact) mass is 416 g/mol. The third-order valence-electron chi connectivity index (χ3n) is 3.32. The normalized spacial score (nSPS) is 11.7. The minimum atomic E-state index is -4.59. The number of nitrogens with one attached hydrogen (secondary N) is 2. The minimum absolute atomic E-state index is 0.0218. The van der Waals surface area contributed by atoms with Gasteiger partial charge in [-0.25, -0.2) is 14.2 Å². The third-order valence-corrected chi connectivity index (χ3v) is 4.26. The molecule has 2 aromatic heterocycles. The van der Waals surface area contributed by atoms with Crippen LogP contribution in [0.15, 0.2) is 37.2 Å². The molecule has 1 atom stereocenters. The Morgan fingerprint density at radius 2 is 2.00 bits per heavy atom. The van der Waals surface area contributed by atoms with Crippen molar-refractivity contribution in [1.29, 1.82) is 0 Å². The zero-order valence-corrected chi connectivity index (χ0v) is 16.9. The number of pyridine rings is 1. The number of rotatable bonds is 6. The molecule has 7 nitrogen and oxygen atoms in total. The average molecular weight is 416 g/mol. The zero-order valence-electron chi connectivity index (χ0n) is 16.0. The molecular weight excluding hydrogens is 393 g/mol. The molecule has 0 fully saturated rings. The maximum atomic E-state index is 13.1. The van der Waals surface area contributed by atoms with Gasteiger partial charge < -0.3 is 10.6 Å². The summed E-state index contributed by atoms with van der Waals surface area (Å²) in [6, 6.07) is 3.34. The van der Waals surface area contributed by atoms with Crippen LogP contribution in [0.3, 0.4) is 0 Å². The molecular formula is C17H23F3N6OS. The molecule has 2 rings (SSSR count). The summed E-state index contributed by atoms with van der Waals surface area (Å²) in [5, 5.41) is 5.27. The fourth-order valence-corrected chi connectivity index (χ4v) is 2.40. The van der Waals surface area contributed by atoms with Crippen molar-refractivity contribution in [2.24, 2.45) is 0 Å². The quantitative estimate of drug-likeness (QED) is 0.702. The molecule has 0 saturated heterocycles. The first-order valence-electron chi connectivity index (χ1n) is 8.09. The first-order valence-corrected chi connectivity index (χ1v) is 9.61. The Bertz CT molecular complexity index is 816. The second-order valence-corrected chi connectivity index (χ2v) is 6.77. The molecule has 0 amide bonds. The van der Waals surface area contributed by atoms with Crippen molar-refractivity contribution in [3.8, 4) is 0 Å². The number of hydrogen-bond acceptors (Lipinski definition) is 6. The molecule has 0 aliphatic heterocycles. The number of halogens is 3. The molecule has 2 aromatic rings. The van der Waals surface area contributed by atoms with E-state index in [1.807, 2.05) is 6.92 Å². The fourth-order valence-electron chi connectivity index (χ4n) is 2.00. The topological polar surface area (TPSA) is 83.0 Å². The summed E-state index contributed by atoms with van der Waals surface area (Å²) < 4.78 is 52.4. The molecule has 1 unspecified atom stereocenters. The van der Waals surface area contributed by atoms with Gasteiger partial charge in [-0.05, 0) is 13.0 Å². The minimum Gasteiger partial charge on any atom is -0.365 e. The van der Waals surface area contributed by atoms with Gasteiger partial charge in [0.15, 0.2) is 0 Å². The molecule has 11 heteroatoms. The van der Waals surface area contributed by atoms with Crippen LogP contribution < -0.4 is 14.9 Å². The Hall–Kier alpha value is -2.69. The fraction of sp³-hybridized carbons (Fsp3) is 0.353.